The molecule has 2 unspecified atom stereocenters. The summed E-state index contributed by atoms with van der Waals surface area (Å²) in [4.78, 5) is 14.7. The van der Waals surface area contributed by atoms with Crippen LogP contribution in [0.2, 0.25) is 0 Å². The van der Waals surface area contributed by atoms with Crippen molar-refractivity contribution >= 4 is 5.91 Å². The second-order valence-corrected chi connectivity index (χ2v) is 6.23. The van der Waals surface area contributed by atoms with Crippen LogP contribution >= 0.6 is 0 Å². The van der Waals surface area contributed by atoms with Crippen LogP contribution in [0.5, 0.6) is 0 Å². The van der Waals surface area contributed by atoms with Crippen LogP contribution in [0, 0.1) is 5.92 Å². The van der Waals surface area contributed by atoms with Gasteiger partial charge in [0.05, 0.1) is 6.04 Å². The van der Waals surface area contributed by atoms with E-state index in [9.17, 15) is 4.79 Å². The van der Waals surface area contributed by atoms with Gasteiger partial charge in [-0.25, -0.2) is 0 Å². The molecular formula is C15H29N3O. The standard InChI is InChI=1S/C15H29N3O/c1-12(15(19)17-14-7-3-4-8-14)18-9-5-6-13(11-18)10-16-2/h12-14,16H,3-11H2,1-2H3,(H,17,19). The zero-order valence-corrected chi connectivity index (χ0v) is 12.5. The van der Waals surface area contributed by atoms with E-state index in [4.69, 9.17) is 0 Å². The Morgan fingerprint density at radius 3 is 2.68 bits per heavy atom. The van der Waals surface area contributed by atoms with E-state index in [0.717, 1.165) is 19.6 Å². The molecule has 0 aromatic rings. The van der Waals surface area contributed by atoms with E-state index in [0.29, 0.717) is 12.0 Å². The summed E-state index contributed by atoms with van der Waals surface area (Å²) in [7, 11) is 2.01. The number of likely N-dealkylation sites (tertiary alicyclic amines) is 1. The van der Waals surface area contributed by atoms with E-state index >= 15 is 0 Å². The van der Waals surface area contributed by atoms with Crippen LogP contribution in [-0.4, -0.2) is 49.6 Å². The molecule has 0 spiro atoms. The van der Waals surface area contributed by atoms with Gasteiger partial charge in [0, 0.05) is 12.6 Å². The summed E-state index contributed by atoms with van der Waals surface area (Å²) in [6.07, 6.45) is 7.38. The Morgan fingerprint density at radius 2 is 2.00 bits per heavy atom. The number of carbonyl (C=O) groups excluding carboxylic acids is 1. The van der Waals surface area contributed by atoms with Crippen molar-refractivity contribution in [3.05, 3.63) is 0 Å². The molecule has 110 valence electrons. The Hall–Kier alpha value is -0.610. The fourth-order valence-electron chi connectivity index (χ4n) is 3.46. The summed E-state index contributed by atoms with van der Waals surface area (Å²) in [5.74, 6) is 0.928. The average molecular weight is 267 g/mol. The summed E-state index contributed by atoms with van der Waals surface area (Å²) in [6.45, 7) is 5.25. The minimum atomic E-state index is 0.0280. The highest BCUT2D eigenvalue weighted by Gasteiger charge is 2.28. The van der Waals surface area contributed by atoms with E-state index in [2.05, 4.69) is 22.5 Å². The fourth-order valence-corrected chi connectivity index (χ4v) is 3.46. The number of hydrogen-bond donors (Lipinski definition) is 2. The first kappa shape index (κ1) is 14.8. The molecule has 1 aliphatic heterocycles. The second-order valence-electron chi connectivity index (χ2n) is 6.23. The predicted molar refractivity (Wildman–Crippen MR) is 78.1 cm³/mol. The molecule has 1 aliphatic carbocycles. The smallest absolute Gasteiger partial charge is 0.237 e. The van der Waals surface area contributed by atoms with Gasteiger partial charge in [-0.1, -0.05) is 12.8 Å². The van der Waals surface area contributed by atoms with Crippen LogP contribution in [0.3, 0.4) is 0 Å². The van der Waals surface area contributed by atoms with Crippen molar-refractivity contribution in [2.24, 2.45) is 5.92 Å². The van der Waals surface area contributed by atoms with E-state index in [1.54, 1.807) is 0 Å². The highest BCUT2D eigenvalue weighted by atomic mass is 16.2. The maximum absolute atomic E-state index is 12.3. The second kappa shape index (κ2) is 7.25. The van der Waals surface area contributed by atoms with Gasteiger partial charge in [-0.05, 0) is 58.7 Å². The van der Waals surface area contributed by atoms with Gasteiger partial charge in [0.2, 0.25) is 5.91 Å². The first-order chi connectivity index (χ1) is 9.20. The molecule has 1 amide bonds. The first-order valence-electron chi connectivity index (χ1n) is 7.89. The van der Waals surface area contributed by atoms with Gasteiger partial charge in [0.15, 0.2) is 0 Å². The van der Waals surface area contributed by atoms with E-state index in [1.165, 1.54) is 38.5 Å². The Balaban J connectivity index is 1.80. The largest absolute Gasteiger partial charge is 0.352 e. The third-order valence-electron chi connectivity index (χ3n) is 4.67. The fraction of sp³-hybridized carbons (Fsp3) is 0.933. The number of nitrogens with one attached hydrogen (secondary N) is 2. The maximum Gasteiger partial charge on any atom is 0.237 e. The first-order valence-corrected chi connectivity index (χ1v) is 7.89. The van der Waals surface area contributed by atoms with Crippen molar-refractivity contribution in [1.29, 1.82) is 0 Å². The lowest BCUT2D eigenvalue weighted by Crippen LogP contribution is -2.51. The molecule has 1 heterocycles. The summed E-state index contributed by atoms with van der Waals surface area (Å²) in [6, 6.07) is 0.466. The van der Waals surface area contributed by atoms with Gasteiger partial charge in [-0.15, -0.1) is 0 Å². The van der Waals surface area contributed by atoms with Crippen LogP contribution in [0.15, 0.2) is 0 Å². The van der Waals surface area contributed by atoms with Crippen molar-refractivity contribution < 1.29 is 4.79 Å². The molecule has 1 saturated carbocycles. The quantitative estimate of drug-likeness (QED) is 0.790. The third-order valence-corrected chi connectivity index (χ3v) is 4.67. The molecule has 1 saturated heterocycles. The lowest BCUT2D eigenvalue weighted by Gasteiger charge is -2.36. The summed E-state index contributed by atoms with van der Waals surface area (Å²) in [5, 5.41) is 6.48. The molecule has 0 aromatic heterocycles. The molecule has 2 N–H and O–H groups in total. The van der Waals surface area contributed by atoms with Crippen molar-refractivity contribution in [2.45, 2.75) is 57.5 Å². The molecular weight excluding hydrogens is 238 g/mol. The molecule has 0 aromatic carbocycles. The number of piperidine rings is 1. The molecule has 2 fully saturated rings. The van der Waals surface area contributed by atoms with E-state index < -0.39 is 0 Å². The summed E-state index contributed by atoms with van der Waals surface area (Å²) >= 11 is 0. The van der Waals surface area contributed by atoms with Gasteiger partial charge < -0.3 is 10.6 Å². The van der Waals surface area contributed by atoms with Crippen LogP contribution in [0.25, 0.3) is 0 Å². The molecule has 4 heteroatoms. The Labute approximate surface area is 117 Å². The Bertz CT molecular complexity index is 287. The molecule has 19 heavy (non-hydrogen) atoms. The number of amides is 1. The lowest BCUT2D eigenvalue weighted by atomic mass is 9.96. The van der Waals surface area contributed by atoms with Crippen LogP contribution < -0.4 is 10.6 Å². The monoisotopic (exact) mass is 267 g/mol. The van der Waals surface area contributed by atoms with Crippen LogP contribution in [0.1, 0.15) is 45.4 Å². The zero-order valence-electron chi connectivity index (χ0n) is 12.5. The molecule has 2 aliphatic rings. The zero-order chi connectivity index (χ0) is 13.7. The van der Waals surface area contributed by atoms with E-state index in [1.807, 2.05) is 7.05 Å². The predicted octanol–water partition coefficient (Wildman–Crippen LogP) is 1.37. The Kier molecular flexibility index (Phi) is 5.64. The minimum absolute atomic E-state index is 0.0280. The topological polar surface area (TPSA) is 44.4 Å². The van der Waals surface area contributed by atoms with Gasteiger partial charge >= 0.3 is 0 Å². The molecule has 2 rings (SSSR count). The Morgan fingerprint density at radius 1 is 1.26 bits per heavy atom. The van der Waals surface area contributed by atoms with Crippen molar-refractivity contribution in [2.75, 3.05) is 26.7 Å². The minimum Gasteiger partial charge on any atom is -0.352 e. The van der Waals surface area contributed by atoms with Gasteiger partial charge in [-0.2, -0.15) is 0 Å². The van der Waals surface area contributed by atoms with Gasteiger partial charge in [0.25, 0.3) is 0 Å². The normalized spacial score (nSPS) is 27.4. The van der Waals surface area contributed by atoms with Crippen molar-refractivity contribution in [1.82, 2.24) is 15.5 Å². The highest BCUT2D eigenvalue weighted by Crippen LogP contribution is 2.20. The number of nitrogens with zero attached hydrogens (tertiary/aromatic N) is 1. The summed E-state index contributed by atoms with van der Waals surface area (Å²) < 4.78 is 0. The average Bonchev–Trinajstić information content (AvgIpc) is 2.91. The SMILES string of the molecule is CNCC1CCCN(C(C)C(=O)NC2CCCC2)C1. The molecule has 2 atom stereocenters. The van der Waals surface area contributed by atoms with Crippen LogP contribution in [0.4, 0.5) is 0 Å². The number of hydrogen-bond acceptors (Lipinski definition) is 3. The van der Waals surface area contributed by atoms with Crippen LogP contribution in [-0.2, 0) is 4.79 Å². The number of carbonyl (C=O) groups is 1. The lowest BCUT2D eigenvalue weighted by molar-refractivity contribution is -0.127. The van der Waals surface area contributed by atoms with Gasteiger partial charge in [0.1, 0.15) is 0 Å². The highest BCUT2D eigenvalue weighted by molar-refractivity contribution is 5.81. The van der Waals surface area contributed by atoms with Gasteiger partial charge in [-0.3, -0.25) is 9.69 Å². The molecule has 0 bridgehead atoms. The summed E-state index contributed by atoms with van der Waals surface area (Å²) in [5.41, 5.74) is 0. The van der Waals surface area contributed by atoms with Crippen molar-refractivity contribution in [3.63, 3.8) is 0 Å². The number of rotatable bonds is 5. The van der Waals surface area contributed by atoms with E-state index in [-0.39, 0.29) is 11.9 Å². The molecule has 0 radical (unpaired) electrons. The maximum atomic E-state index is 12.3. The van der Waals surface area contributed by atoms with Crippen molar-refractivity contribution in [3.8, 4) is 0 Å². The molecule has 4 nitrogen and oxygen atoms in total. The third kappa shape index (κ3) is 4.18.